The number of hydrogen-bond acceptors (Lipinski definition) is 4. The lowest BCUT2D eigenvalue weighted by molar-refractivity contribution is 0.272. The van der Waals surface area contributed by atoms with Crippen molar-refractivity contribution in [3.63, 3.8) is 0 Å². The Labute approximate surface area is 116 Å². The van der Waals surface area contributed by atoms with Crippen LogP contribution < -0.4 is 5.32 Å². The molecule has 0 amide bonds. The monoisotopic (exact) mass is 269 g/mol. The fourth-order valence-electron chi connectivity index (χ4n) is 1.75. The van der Waals surface area contributed by atoms with Gasteiger partial charge >= 0.3 is 0 Å². The third-order valence-corrected chi connectivity index (χ3v) is 3.82. The molecule has 0 fully saturated rings. The topological polar surface area (TPSA) is 28.2 Å². The van der Waals surface area contributed by atoms with Crippen LogP contribution in [0.1, 0.15) is 51.2 Å². The number of rotatable bonds is 9. The van der Waals surface area contributed by atoms with Crippen molar-refractivity contribution in [3.8, 4) is 0 Å². The second-order valence-corrected chi connectivity index (χ2v) is 5.93. The fraction of sp³-hybridized carbons (Fsp3) is 0.786. The van der Waals surface area contributed by atoms with E-state index in [1.54, 1.807) is 11.3 Å². The summed E-state index contributed by atoms with van der Waals surface area (Å²) >= 11 is 1.77. The van der Waals surface area contributed by atoms with Crippen LogP contribution in [0.5, 0.6) is 0 Å². The maximum Gasteiger partial charge on any atom is 0.107 e. The largest absolute Gasteiger partial charge is 0.308 e. The van der Waals surface area contributed by atoms with Crippen LogP contribution in [0.15, 0.2) is 5.38 Å². The van der Waals surface area contributed by atoms with E-state index in [1.807, 2.05) is 0 Å². The Morgan fingerprint density at radius 1 is 1.39 bits per heavy atom. The van der Waals surface area contributed by atoms with Crippen molar-refractivity contribution < 1.29 is 0 Å². The van der Waals surface area contributed by atoms with E-state index >= 15 is 0 Å². The first-order valence-electron chi connectivity index (χ1n) is 7.04. The van der Waals surface area contributed by atoms with Crippen LogP contribution in [0.3, 0.4) is 0 Å². The molecule has 1 aromatic rings. The van der Waals surface area contributed by atoms with E-state index in [9.17, 15) is 0 Å². The number of hydrogen-bond donors (Lipinski definition) is 1. The lowest BCUT2D eigenvalue weighted by atomic mass is 10.3. The first-order chi connectivity index (χ1) is 8.65. The van der Waals surface area contributed by atoms with Gasteiger partial charge in [0.25, 0.3) is 0 Å². The molecule has 0 atom stereocenters. The van der Waals surface area contributed by atoms with Crippen molar-refractivity contribution >= 4 is 11.3 Å². The molecule has 0 aliphatic carbocycles. The maximum absolute atomic E-state index is 4.69. The number of nitrogens with one attached hydrogen (secondary N) is 1. The average molecular weight is 269 g/mol. The van der Waals surface area contributed by atoms with Crippen LogP contribution in [-0.2, 0) is 13.1 Å². The molecule has 18 heavy (non-hydrogen) atoms. The van der Waals surface area contributed by atoms with Gasteiger partial charge in [-0.05, 0) is 19.5 Å². The minimum absolute atomic E-state index is 0.522. The molecule has 0 saturated carbocycles. The van der Waals surface area contributed by atoms with Crippen molar-refractivity contribution in [2.24, 2.45) is 0 Å². The normalized spacial score (nSPS) is 11.7. The Kier molecular flexibility index (Phi) is 7.47. The summed E-state index contributed by atoms with van der Waals surface area (Å²) in [5, 5.41) is 6.81. The van der Waals surface area contributed by atoms with Gasteiger partial charge in [-0.25, -0.2) is 4.98 Å². The minimum Gasteiger partial charge on any atom is -0.308 e. The standard InChI is InChI=1S/C14H27N3S/c1-5-7-8-17(6-2)10-13-11-18-14(16-13)9-15-12(3)4/h11-12,15H,5-10H2,1-4H3. The Morgan fingerprint density at radius 3 is 2.78 bits per heavy atom. The molecule has 104 valence electrons. The Hall–Kier alpha value is -0.450. The highest BCUT2D eigenvalue weighted by Gasteiger charge is 2.07. The molecular weight excluding hydrogens is 242 g/mol. The van der Waals surface area contributed by atoms with Gasteiger partial charge < -0.3 is 5.32 Å². The maximum atomic E-state index is 4.69. The third-order valence-electron chi connectivity index (χ3n) is 2.92. The van der Waals surface area contributed by atoms with Gasteiger partial charge in [0, 0.05) is 24.5 Å². The quantitative estimate of drug-likeness (QED) is 0.746. The van der Waals surface area contributed by atoms with Crippen molar-refractivity contribution in [2.45, 2.75) is 59.7 Å². The molecule has 0 radical (unpaired) electrons. The van der Waals surface area contributed by atoms with Crippen LogP contribution >= 0.6 is 11.3 Å². The summed E-state index contributed by atoms with van der Waals surface area (Å²) in [5.74, 6) is 0. The molecule has 0 aliphatic heterocycles. The van der Waals surface area contributed by atoms with Crippen molar-refractivity contribution in [3.05, 3.63) is 16.1 Å². The Bertz CT molecular complexity index is 323. The van der Waals surface area contributed by atoms with Gasteiger partial charge in [-0.3, -0.25) is 4.90 Å². The molecular formula is C14H27N3S. The SMILES string of the molecule is CCCCN(CC)Cc1csc(CNC(C)C)n1. The van der Waals surface area contributed by atoms with E-state index in [1.165, 1.54) is 30.1 Å². The van der Waals surface area contributed by atoms with E-state index < -0.39 is 0 Å². The molecule has 0 bridgehead atoms. The van der Waals surface area contributed by atoms with Crippen LogP contribution in [-0.4, -0.2) is 29.0 Å². The number of aromatic nitrogens is 1. The highest BCUT2D eigenvalue weighted by Crippen LogP contribution is 2.12. The summed E-state index contributed by atoms with van der Waals surface area (Å²) in [6.45, 7) is 13.0. The van der Waals surface area contributed by atoms with E-state index in [2.05, 4.69) is 43.3 Å². The lowest BCUT2D eigenvalue weighted by Gasteiger charge is -2.18. The predicted molar refractivity (Wildman–Crippen MR) is 79.9 cm³/mol. The van der Waals surface area contributed by atoms with Gasteiger partial charge in [0.2, 0.25) is 0 Å². The molecule has 1 heterocycles. The first-order valence-corrected chi connectivity index (χ1v) is 7.92. The third kappa shape index (κ3) is 5.94. The predicted octanol–water partition coefficient (Wildman–Crippen LogP) is 3.26. The summed E-state index contributed by atoms with van der Waals surface area (Å²) in [6.07, 6.45) is 2.54. The lowest BCUT2D eigenvalue weighted by Crippen LogP contribution is -2.24. The zero-order chi connectivity index (χ0) is 13.4. The van der Waals surface area contributed by atoms with Gasteiger partial charge in [0.05, 0.1) is 5.69 Å². The van der Waals surface area contributed by atoms with Crippen molar-refractivity contribution in [2.75, 3.05) is 13.1 Å². The van der Waals surface area contributed by atoms with Crippen LogP contribution in [0, 0.1) is 0 Å². The van der Waals surface area contributed by atoms with Gasteiger partial charge in [0.15, 0.2) is 0 Å². The van der Waals surface area contributed by atoms with Crippen LogP contribution in [0.4, 0.5) is 0 Å². The first kappa shape index (κ1) is 15.6. The minimum atomic E-state index is 0.522. The highest BCUT2D eigenvalue weighted by atomic mass is 32.1. The summed E-state index contributed by atoms with van der Waals surface area (Å²) in [7, 11) is 0. The van der Waals surface area contributed by atoms with Gasteiger partial charge in [-0.2, -0.15) is 0 Å². The van der Waals surface area contributed by atoms with E-state index in [0.29, 0.717) is 6.04 Å². The van der Waals surface area contributed by atoms with E-state index in [4.69, 9.17) is 4.98 Å². The van der Waals surface area contributed by atoms with E-state index in [-0.39, 0.29) is 0 Å². The smallest absolute Gasteiger partial charge is 0.107 e. The summed E-state index contributed by atoms with van der Waals surface area (Å²) in [5.41, 5.74) is 1.22. The highest BCUT2D eigenvalue weighted by molar-refractivity contribution is 7.09. The average Bonchev–Trinajstić information content (AvgIpc) is 2.79. The van der Waals surface area contributed by atoms with E-state index in [0.717, 1.165) is 19.6 Å². The number of nitrogens with zero attached hydrogens (tertiary/aromatic N) is 2. The van der Waals surface area contributed by atoms with Crippen molar-refractivity contribution in [1.82, 2.24) is 15.2 Å². The molecule has 1 N–H and O–H groups in total. The molecule has 4 heteroatoms. The molecule has 0 spiro atoms. The van der Waals surface area contributed by atoms with Crippen LogP contribution in [0.2, 0.25) is 0 Å². The second-order valence-electron chi connectivity index (χ2n) is 4.99. The molecule has 0 saturated heterocycles. The molecule has 1 aromatic heterocycles. The van der Waals surface area contributed by atoms with Gasteiger partial charge in [-0.1, -0.05) is 34.1 Å². The molecule has 3 nitrogen and oxygen atoms in total. The summed E-state index contributed by atoms with van der Waals surface area (Å²) < 4.78 is 0. The number of thiazole rings is 1. The molecule has 0 aliphatic rings. The summed E-state index contributed by atoms with van der Waals surface area (Å²) in [6, 6.07) is 0.522. The zero-order valence-corrected chi connectivity index (χ0v) is 13.0. The molecule has 0 unspecified atom stereocenters. The summed E-state index contributed by atoms with van der Waals surface area (Å²) in [4.78, 5) is 7.16. The second kappa shape index (κ2) is 8.62. The molecule has 0 aromatic carbocycles. The molecule has 1 rings (SSSR count). The Balaban J connectivity index is 2.41. The van der Waals surface area contributed by atoms with Crippen LogP contribution in [0.25, 0.3) is 0 Å². The zero-order valence-electron chi connectivity index (χ0n) is 12.2. The number of unbranched alkanes of at least 4 members (excludes halogenated alkanes) is 1. The Morgan fingerprint density at radius 2 is 2.17 bits per heavy atom. The van der Waals surface area contributed by atoms with Gasteiger partial charge in [0.1, 0.15) is 5.01 Å². The van der Waals surface area contributed by atoms with Gasteiger partial charge in [-0.15, -0.1) is 11.3 Å². The fourth-order valence-corrected chi connectivity index (χ4v) is 2.49. The van der Waals surface area contributed by atoms with Crippen molar-refractivity contribution in [1.29, 1.82) is 0 Å².